The zero-order chi connectivity index (χ0) is 24.4. The van der Waals surface area contributed by atoms with Crippen LogP contribution in [0.4, 0.5) is 11.4 Å². The number of ether oxygens (including phenoxy) is 1. The van der Waals surface area contributed by atoms with Crippen LogP contribution in [0.15, 0.2) is 59.6 Å². The van der Waals surface area contributed by atoms with E-state index in [0.717, 1.165) is 25.2 Å². The molecule has 0 bridgehead atoms. The summed E-state index contributed by atoms with van der Waals surface area (Å²) in [5.74, 6) is 0.544. The first-order valence-corrected chi connectivity index (χ1v) is 14.8. The molecule has 5 rings (SSSR count). The molecule has 35 heavy (non-hydrogen) atoms. The van der Waals surface area contributed by atoms with Crippen molar-refractivity contribution in [1.82, 2.24) is 0 Å². The number of methoxy groups -OCH3 is 1. The lowest BCUT2D eigenvalue weighted by atomic mass is 9.90. The number of thioether (sulfide) groups is 1. The predicted molar refractivity (Wildman–Crippen MR) is 142 cm³/mol. The summed E-state index contributed by atoms with van der Waals surface area (Å²) < 4.78 is 29.5. The number of carbonyl (C=O) groups is 1. The van der Waals surface area contributed by atoms with Gasteiger partial charge in [0, 0.05) is 36.8 Å². The first-order valence-electron chi connectivity index (χ1n) is 12.1. The van der Waals surface area contributed by atoms with Gasteiger partial charge in [0.05, 0.1) is 17.5 Å². The molecule has 9 heteroatoms. The molecule has 0 saturated carbocycles. The van der Waals surface area contributed by atoms with Crippen LogP contribution in [-0.4, -0.2) is 69.1 Å². The number of hydrogen-bond acceptors (Lipinski definition) is 6. The second-order valence-electron chi connectivity index (χ2n) is 9.53. The van der Waals surface area contributed by atoms with Gasteiger partial charge in [-0.2, -0.15) is 4.99 Å². The fourth-order valence-corrected chi connectivity index (χ4v) is 9.23. The van der Waals surface area contributed by atoms with Crippen molar-refractivity contribution in [1.29, 1.82) is 0 Å². The van der Waals surface area contributed by atoms with Crippen LogP contribution in [0.25, 0.3) is 0 Å². The second-order valence-corrected chi connectivity index (χ2v) is 12.9. The number of piperidine rings is 1. The molecule has 186 valence electrons. The number of nitrogens with zero attached hydrogens (tertiary/aromatic N) is 3. The van der Waals surface area contributed by atoms with Crippen LogP contribution in [-0.2, 0) is 25.8 Å². The topological polar surface area (TPSA) is 79.3 Å². The van der Waals surface area contributed by atoms with Crippen molar-refractivity contribution >= 4 is 44.0 Å². The summed E-state index contributed by atoms with van der Waals surface area (Å²) in [6.07, 6.45) is 3.47. The third kappa shape index (κ3) is 5.57. The highest BCUT2D eigenvalue weighted by atomic mass is 32.2. The Hall–Kier alpha value is -2.36. The smallest absolute Gasteiger partial charge is 0.274 e. The van der Waals surface area contributed by atoms with E-state index in [1.54, 1.807) is 0 Å². The van der Waals surface area contributed by atoms with Crippen molar-refractivity contribution in [2.24, 2.45) is 10.9 Å². The summed E-state index contributed by atoms with van der Waals surface area (Å²) >= 11 is 1.38. The van der Waals surface area contributed by atoms with Gasteiger partial charge in [0.2, 0.25) is 0 Å². The van der Waals surface area contributed by atoms with E-state index in [2.05, 4.69) is 52.4 Å². The van der Waals surface area contributed by atoms with E-state index in [1.165, 1.54) is 43.0 Å². The Morgan fingerprint density at radius 2 is 1.71 bits per heavy atom. The molecule has 3 heterocycles. The fraction of sp³-hybridized carbons (Fsp3) is 0.462. The van der Waals surface area contributed by atoms with Gasteiger partial charge in [-0.1, -0.05) is 42.1 Å². The van der Waals surface area contributed by atoms with Crippen molar-refractivity contribution < 1.29 is 17.9 Å². The van der Waals surface area contributed by atoms with E-state index < -0.39 is 9.84 Å². The third-order valence-corrected chi connectivity index (χ3v) is 10.2. The lowest BCUT2D eigenvalue weighted by Crippen LogP contribution is -2.38. The minimum atomic E-state index is -3.10. The average Bonchev–Trinajstić information content (AvgIpc) is 3.31. The minimum Gasteiger partial charge on any atom is -0.375 e. The molecule has 1 amide bonds. The van der Waals surface area contributed by atoms with Crippen molar-refractivity contribution in [3.63, 3.8) is 0 Å². The molecule has 0 radical (unpaired) electrons. The first kappa shape index (κ1) is 24.3. The molecule has 3 fully saturated rings. The molecule has 7 nitrogen and oxygen atoms in total. The summed E-state index contributed by atoms with van der Waals surface area (Å²) in [5, 5.41) is 0.448. The van der Waals surface area contributed by atoms with Gasteiger partial charge in [-0.3, -0.25) is 4.79 Å². The first-order chi connectivity index (χ1) is 16.9. The van der Waals surface area contributed by atoms with Gasteiger partial charge < -0.3 is 14.5 Å². The second kappa shape index (κ2) is 10.3. The Morgan fingerprint density at radius 1 is 1.03 bits per heavy atom. The molecule has 2 atom stereocenters. The van der Waals surface area contributed by atoms with Gasteiger partial charge >= 0.3 is 0 Å². The van der Waals surface area contributed by atoms with Crippen molar-refractivity contribution in [2.75, 3.05) is 48.1 Å². The van der Waals surface area contributed by atoms with Crippen molar-refractivity contribution in [2.45, 2.75) is 30.6 Å². The van der Waals surface area contributed by atoms with E-state index in [9.17, 15) is 13.2 Å². The minimum absolute atomic E-state index is 0.0822. The number of amidine groups is 1. The maximum Gasteiger partial charge on any atom is 0.274 e. The SMILES string of the molecule is COCC(=O)N=C1S[C@@H]2CS(=O)(=O)C[C@@H]2N1c1ccc(N2CCC(Cc3ccccc3)CC2)cc1. The number of anilines is 2. The van der Waals surface area contributed by atoms with Gasteiger partial charge in [-0.05, 0) is 55.0 Å². The Labute approximate surface area is 211 Å². The number of sulfone groups is 1. The zero-order valence-corrected chi connectivity index (χ0v) is 21.5. The van der Waals surface area contributed by atoms with E-state index in [-0.39, 0.29) is 35.3 Å². The van der Waals surface area contributed by atoms with Gasteiger partial charge in [0.1, 0.15) is 6.61 Å². The largest absolute Gasteiger partial charge is 0.375 e. The number of amides is 1. The molecule has 0 aromatic heterocycles. The number of aliphatic imine (C=N–C) groups is 1. The summed E-state index contributed by atoms with van der Waals surface area (Å²) in [5.41, 5.74) is 3.45. The molecule has 0 spiro atoms. The number of fused-ring (bicyclic) bond motifs is 1. The van der Waals surface area contributed by atoms with Gasteiger partial charge in [0.15, 0.2) is 15.0 Å². The Balaban J connectivity index is 1.28. The Kier molecular flexibility index (Phi) is 7.18. The number of hydrogen-bond donors (Lipinski definition) is 0. The highest BCUT2D eigenvalue weighted by molar-refractivity contribution is 8.16. The van der Waals surface area contributed by atoms with Crippen LogP contribution in [0.2, 0.25) is 0 Å². The van der Waals surface area contributed by atoms with E-state index in [0.29, 0.717) is 11.1 Å². The molecule has 0 aliphatic carbocycles. The lowest BCUT2D eigenvalue weighted by molar-refractivity contribution is -0.121. The van der Waals surface area contributed by atoms with Crippen LogP contribution in [0.1, 0.15) is 18.4 Å². The molecular formula is C26H31N3O4S2. The predicted octanol–water partition coefficient (Wildman–Crippen LogP) is 3.39. The van der Waals surface area contributed by atoms with Crippen molar-refractivity contribution in [3.05, 3.63) is 60.2 Å². The molecular weight excluding hydrogens is 482 g/mol. The lowest BCUT2D eigenvalue weighted by Gasteiger charge is -2.34. The van der Waals surface area contributed by atoms with Crippen LogP contribution in [0.3, 0.4) is 0 Å². The van der Waals surface area contributed by atoms with Crippen LogP contribution in [0.5, 0.6) is 0 Å². The summed E-state index contributed by atoms with van der Waals surface area (Å²) in [6, 6.07) is 18.7. The maximum atomic E-state index is 12.3. The Bertz CT molecular complexity index is 1180. The number of rotatable bonds is 6. The highest BCUT2D eigenvalue weighted by Crippen LogP contribution is 2.41. The molecule has 3 saturated heterocycles. The van der Waals surface area contributed by atoms with E-state index in [4.69, 9.17) is 4.74 Å². The normalized spacial score (nSPS) is 25.2. The Morgan fingerprint density at radius 3 is 2.40 bits per heavy atom. The van der Waals surface area contributed by atoms with Gasteiger partial charge in [-0.15, -0.1) is 0 Å². The quantitative estimate of drug-likeness (QED) is 0.586. The summed E-state index contributed by atoms with van der Waals surface area (Å²) in [6.45, 7) is 1.96. The molecule has 3 aliphatic heterocycles. The van der Waals surface area contributed by atoms with Gasteiger partial charge in [0.25, 0.3) is 5.91 Å². The zero-order valence-electron chi connectivity index (χ0n) is 19.9. The number of benzene rings is 2. The molecule has 0 unspecified atom stereocenters. The fourth-order valence-electron chi connectivity index (χ4n) is 5.30. The average molecular weight is 514 g/mol. The van der Waals surface area contributed by atoms with Crippen LogP contribution < -0.4 is 9.80 Å². The number of carbonyl (C=O) groups excluding carboxylic acids is 1. The van der Waals surface area contributed by atoms with Gasteiger partial charge in [-0.25, -0.2) is 8.42 Å². The summed E-state index contributed by atoms with van der Waals surface area (Å²) in [4.78, 5) is 20.7. The monoisotopic (exact) mass is 513 g/mol. The van der Waals surface area contributed by atoms with E-state index >= 15 is 0 Å². The van der Waals surface area contributed by atoms with Crippen LogP contribution >= 0.6 is 11.8 Å². The molecule has 0 N–H and O–H groups in total. The molecule has 2 aromatic carbocycles. The maximum absolute atomic E-state index is 12.3. The van der Waals surface area contributed by atoms with Crippen molar-refractivity contribution in [3.8, 4) is 0 Å². The molecule has 2 aromatic rings. The molecule has 3 aliphatic rings. The summed E-state index contributed by atoms with van der Waals surface area (Å²) in [7, 11) is -1.64. The van der Waals surface area contributed by atoms with Crippen LogP contribution in [0, 0.1) is 5.92 Å². The third-order valence-electron chi connectivity index (χ3n) is 7.03. The van der Waals surface area contributed by atoms with E-state index in [1.807, 2.05) is 17.0 Å². The highest BCUT2D eigenvalue weighted by Gasteiger charge is 2.49. The standard InChI is InChI=1S/C26H31N3O4S2/c1-33-16-25(30)27-26-29(23-17-35(31,32)18-24(23)34-26)22-9-7-21(8-10-22)28-13-11-20(12-14-28)15-19-5-3-2-4-6-19/h2-10,20,23-24H,11-18H2,1H3/t23-,24+/m0/s1.